The first-order valence-corrected chi connectivity index (χ1v) is 11.1. The Hall–Kier alpha value is -2.79. The molecule has 4 nitrogen and oxygen atoms in total. The Kier molecular flexibility index (Phi) is 7.75. The molecule has 1 aromatic heterocycles. The average Bonchev–Trinajstić information content (AvgIpc) is 2.76. The number of nitrogens with zero attached hydrogens (tertiary/aromatic N) is 2. The lowest BCUT2D eigenvalue weighted by molar-refractivity contribution is 0.0939. The molecule has 1 atom stereocenters. The molecule has 0 aliphatic rings. The molecule has 0 bridgehead atoms. The Morgan fingerprint density at radius 3 is 2.48 bits per heavy atom. The summed E-state index contributed by atoms with van der Waals surface area (Å²) >= 11 is 0. The van der Waals surface area contributed by atoms with Crippen LogP contribution in [0.15, 0.2) is 48.5 Å². The fourth-order valence-corrected chi connectivity index (χ4v) is 3.83. The summed E-state index contributed by atoms with van der Waals surface area (Å²) in [6, 6.07) is 14.0. The summed E-state index contributed by atoms with van der Waals surface area (Å²) in [5.41, 5.74) is 3.88. The van der Waals surface area contributed by atoms with Crippen molar-refractivity contribution in [2.24, 2.45) is 0 Å². The van der Waals surface area contributed by atoms with Gasteiger partial charge in [0.25, 0.3) is 5.91 Å². The second-order valence-electron chi connectivity index (χ2n) is 8.13. The van der Waals surface area contributed by atoms with Gasteiger partial charge in [0.15, 0.2) is 0 Å². The maximum absolute atomic E-state index is 13.4. The molecule has 0 spiro atoms. The molecule has 2 aromatic carbocycles. The second-order valence-corrected chi connectivity index (χ2v) is 8.13. The number of hydrogen-bond donors (Lipinski definition) is 1. The highest BCUT2D eigenvalue weighted by molar-refractivity contribution is 6.07. The van der Waals surface area contributed by atoms with E-state index in [1.165, 1.54) is 12.1 Å². The molecule has 0 radical (unpaired) electrons. The summed E-state index contributed by atoms with van der Waals surface area (Å²) in [6.45, 7) is 11.5. The molecular weight excluding hydrogens is 389 g/mol. The molecule has 5 heteroatoms. The number of carbonyl (C=O) groups is 1. The van der Waals surface area contributed by atoms with Gasteiger partial charge in [0.2, 0.25) is 0 Å². The molecule has 0 fully saturated rings. The van der Waals surface area contributed by atoms with Crippen molar-refractivity contribution in [3.05, 3.63) is 65.5 Å². The van der Waals surface area contributed by atoms with Crippen molar-refractivity contribution in [3.8, 4) is 11.3 Å². The number of halogens is 1. The van der Waals surface area contributed by atoms with E-state index in [4.69, 9.17) is 4.98 Å². The highest BCUT2D eigenvalue weighted by atomic mass is 19.1. The molecular formula is C26H32FN3O. The number of benzene rings is 2. The van der Waals surface area contributed by atoms with Crippen LogP contribution in [0.1, 0.15) is 49.5 Å². The van der Waals surface area contributed by atoms with E-state index in [0.717, 1.165) is 54.5 Å². The largest absolute Gasteiger partial charge is 0.350 e. The Labute approximate surface area is 184 Å². The van der Waals surface area contributed by atoms with Crippen molar-refractivity contribution in [2.75, 3.05) is 19.6 Å². The molecule has 3 aromatic rings. The number of hydrogen-bond acceptors (Lipinski definition) is 3. The Balaban J connectivity index is 1.84. The molecule has 1 N–H and O–H groups in total. The van der Waals surface area contributed by atoms with Crippen molar-refractivity contribution >= 4 is 16.8 Å². The first kappa shape index (κ1) is 22.9. The number of aromatic nitrogens is 1. The van der Waals surface area contributed by atoms with E-state index >= 15 is 0 Å². The van der Waals surface area contributed by atoms with E-state index in [1.54, 1.807) is 12.1 Å². The van der Waals surface area contributed by atoms with Gasteiger partial charge in [-0.1, -0.05) is 25.5 Å². The van der Waals surface area contributed by atoms with Crippen molar-refractivity contribution in [1.29, 1.82) is 0 Å². The molecule has 0 aliphatic heterocycles. The monoisotopic (exact) mass is 421 g/mol. The minimum absolute atomic E-state index is 0.0744. The lowest BCUT2D eigenvalue weighted by Gasteiger charge is -2.20. The van der Waals surface area contributed by atoms with E-state index < -0.39 is 0 Å². The molecule has 3 rings (SSSR count). The van der Waals surface area contributed by atoms with Gasteiger partial charge >= 0.3 is 0 Å². The van der Waals surface area contributed by atoms with Gasteiger partial charge in [-0.25, -0.2) is 9.37 Å². The van der Waals surface area contributed by atoms with Gasteiger partial charge in [0.1, 0.15) is 5.82 Å². The number of rotatable bonds is 9. The normalized spacial score (nSPS) is 12.3. The van der Waals surface area contributed by atoms with Gasteiger partial charge in [-0.2, -0.15) is 0 Å². The van der Waals surface area contributed by atoms with Crippen LogP contribution >= 0.6 is 0 Å². The highest BCUT2D eigenvalue weighted by Crippen LogP contribution is 2.26. The maximum Gasteiger partial charge on any atom is 0.252 e. The molecule has 1 amide bonds. The molecule has 0 saturated heterocycles. The van der Waals surface area contributed by atoms with Gasteiger partial charge in [-0.05, 0) is 88.8 Å². The highest BCUT2D eigenvalue weighted by Gasteiger charge is 2.16. The van der Waals surface area contributed by atoms with Crippen LogP contribution in [0.2, 0.25) is 0 Å². The summed E-state index contributed by atoms with van der Waals surface area (Å²) in [6.07, 6.45) is 1.97. The standard InChI is InChI=1S/C26H32FN3O/c1-5-30(6-2)15-7-8-19(4)28-26(31)23-17-25(20-10-12-21(27)13-11-20)29-24-14-9-18(3)16-22(23)24/h9-14,16-17,19H,5-8,15H2,1-4H3,(H,28,31). The average molecular weight is 422 g/mol. The van der Waals surface area contributed by atoms with Crippen LogP contribution in [0, 0.1) is 12.7 Å². The third kappa shape index (κ3) is 5.88. The van der Waals surface area contributed by atoms with Crippen LogP contribution in [0.4, 0.5) is 4.39 Å². The fourth-order valence-electron chi connectivity index (χ4n) is 3.83. The van der Waals surface area contributed by atoms with Crippen molar-refractivity contribution in [2.45, 2.75) is 46.6 Å². The van der Waals surface area contributed by atoms with Crippen molar-refractivity contribution in [1.82, 2.24) is 15.2 Å². The van der Waals surface area contributed by atoms with Crippen LogP contribution in [-0.2, 0) is 0 Å². The Bertz CT molecular complexity index is 1030. The second kappa shape index (κ2) is 10.5. The van der Waals surface area contributed by atoms with Gasteiger partial charge in [-0.3, -0.25) is 4.79 Å². The van der Waals surface area contributed by atoms with E-state index in [0.29, 0.717) is 11.3 Å². The minimum atomic E-state index is -0.295. The summed E-state index contributed by atoms with van der Waals surface area (Å²) < 4.78 is 13.4. The van der Waals surface area contributed by atoms with Crippen LogP contribution in [0.5, 0.6) is 0 Å². The predicted molar refractivity (Wildman–Crippen MR) is 126 cm³/mol. The maximum atomic E-state index is 13.4. The Morgan fingerprint density at radius 2 is 1.81 bits per heavy atom. The fraction of sp³-hybridized carbons (Fsp3) is 0.385. The van der Waals surface area contributed by atoms with E-state index in [1.807, 2.05) is 31.2 Å². The summed E-state index contributed by atoms with van der Waals surface area (Å²) in [4.78, 5) is 20.3. The number of amides is 1. The van der Waals surface area contributed by atoms with Crippen molar-refractivity contribution in [3.63, 3.8) is 0 Å². The van der Waals surface area contributed by atoms with E-state index in [-0.39, 0.29) is 17.8 Å². The van der Waals surface area contributed by atoms with E-state index in [9.17, 15) is 9.18 Å². The van der Waals surface area contributed by atoms with Crippen LogP contribution in [0.3, 0.4) is 0 Å². The van der Waals surface area contributed by atoms with Crippen LogP contribution in [-0.4, -0.2) is 41.5 Å². The van der Waals surface area contributed by atoms with Crippen LogP contribution in [0.25, 0.3) is 22.2 Å². The number of aryl methyl sites for hydroxylation is 1. The van der Waals surface area contributed by atoms with E-state index in [2.05, 4.69) is 31.0 Å². The summed E-state index contributed by atoms with van der Waals surface area (Å²) in [7, 11) is 0. The first-order chi connectivity index (χ1) is 14.9. The van der Waals surface area contributed by atoms with Crippen molar-refractivity contribution < 1.29 is 9.18 Å². The topological polar surface area (TPSA) is 45.2 Å². The third-order valence-electron chi connectivity index (χ3n) is 5.73. The molecule has 31 heavy (non-hydrogen) atoms. The zero-order chi connectivity index (χ0) is 22.4. The number of pyridine rings is 1. The van der Waals surface area contributed by atoms with Gasteiger partial charge < -0.3 is 10.2 Å². The smallest absolute Gasteiger partial charge is 0.252 e. The quantitative estimate of drug-likeness (QED) is 0.490. The zero-order valence-corrected chi connectivity index (χ0v) is 18.9. The third-order valence-corrected chi connectivity index (χ3v) is 5.73. The molecule has 0 aliphatic carbocycles. The van der Waals surface area contributed by atoms with Gasteiger partial charge in [-0.15, -0.1) is 0 Å². The molecule has 164 valence electrons. The summed E-state index contributed by atoms with van der Waals surface area (Å²) in [5.74, 6) is -0.395. The van der Waals surface area contributed by atoms with Crippen LogP contribution < -0.4 is 5.32 Å². The minimum Gasteiger partial charge on any atom is -0.350 e. The first-order valence-electron chi connectivity index (χ1n) is 11.1. The summed E-state index contributed by atoms with van der Waals surface area (Å²) in [5, 5.41) is 3.99. The SMILES string of the molecule is CCN(CC)CCCC(C)NC(=O)c1cc(-c2ccc(F)cc2)nc2ccc(C)cc12. The number of nitrogens with one attached hydrogen (secondary N) is 1. The lowest BCUT2D eigenvalue weighted by atomic mass is 10.0. The zero-order valence-electron chi connectivity index (χ0n) is 18.9. The lowest BCUT2D eigenvalue weighted by Crippen LogP contribution is -2.34. The van der Waals surface area contributed by atoms with Gasteiger partial charge in [0, 0.05) is 17.0 Å². The molecule has 1 heterocycles. The van der Waals surface area contributed by atoms with Gasteiger partial charge in [0.05, 0.1) is 16.8 Å². The molecule has 0 saturated carbocycles. The Morgan fingerprint density at radius 1 is 1.10 bits per heavy atom. The number of fused-ring (bicyclic) bond motifs is 1. The molecule has 1 unspecified atom stereocenters. The number of carbonyl (C=O) groups excluding carboxylic acids is 1. The predicted octanol–water partition coefficient (Wildman–Crippen LogP) is 5.59.